The number of benzene rings is 1. The van der Waals surface area contributed by atoms with Crippen molar-refractivity contribution in [3.05, 3.63) is 54.0 Å². The van der Waals surface area contributed by atoms with Gasteiger partial charge in [-0.3, -0.25) is 4.98 Å². The summed E-state index contributed by atoms with van der Waals surface area (Å²) in [7, 11) is 0. The molecule has 0 N–H and O–H groups in total. The third kappa shape index (κ3) is 2.37. The van der Waals surface area contributed by atoms with E-state index in [1.165, 1.54) is 5.56 Å². The van der Waals surface area contributed by atoms with Crippen LogP contribution in [0.4, 0.5) is 5.82 Å². The van der Waals surface area contributed by atoms with Crippen LogP contribution in [0.15, 0.2) is 42.7 Å². The Morgan fingerprint density at radius 1 is 1.18 bits per heavy atom. The van der Waals surface area contributed by atoms with Crippen LogP contribution in [0.25, 0.3) is 0 Å². The molecule has 1 aromatic carbocycles. The summed E-state index contributed by atoms with van der Waals surface area (Å²) < 4.78 is 5.78. The topological polar surface area (TPSA) is 38.2 Å². The molecular formula is C18H21N3O. The first-order valence-corrected chi connectivity index (χ1v) is 8.01. The minimum atomic E-state index is 0.508. The molecular weight excluding hydrogens is 274 g/mol. The Hall–Kier alpha value is -1.94. The van der Waals surface area contributed by atoms with Crippen LogP contribution >= 0.6 is 0 Å². The SMILES string of the molecule is Cc1cncc(N2C[C@H](c3ccccc3)[C@@H]3COCC[C@H]32)n1. The van der Waals surface area contributed by atoms with E-state index in [0.29, 0.717) is 17.9 Å². The number of hydrogen-bond acceptors (Lipinski definition) is 4. The van der Waals surface area contributed by atoms with Gasteiger partial charge in [-0.05, 0) is 18.9 Å². The molecule has 22 heavy (non-hydrogen) atoms. The number of aromatic nitrogens is 2. The molecule has 2 aliphatic heterocycles. The fraction of sp³-hybridized carbons (Fsp3) is 0.444. The number of fused-ring (bicyclic) bond motifs is 1. The Morgan fingerprint density at radius 3 is 2.86 bits per heavy atom. The van der Waals surface area contributed by atoms with E-state index < -0.39 is 0 Å². The fourth-order valence-corrected chi connectivity index (χ4v) is 3.91. The number of hydrogen-bond donors (Lipinski definition) is 0. The van der Waals surface area contributed by atoms with Gasteiger partial charge < -0.3 is 9.64 Å². The Balaban J connectivity index is 1.69. The van der Waals surface area contributed by atoms with Gasteiger partial charge in [0.2, 0.25) is 0 Å². The molecule has 2 saturated heterocycles. The molecule has 2 fully saturated rings. The Morgan fingerprint density at radius 2 is 2.05 bits per heavy atom. The lowest BCUT2D eigenvalue weighted by Crippen LogP contribution is -2.39. The van der Waals surface area contributed by atoms with Crippen LogP contribution in [-0.2, 0) is 4.74 Å². The first-order chi connectivity index (χ1) is 10.8. The zero-order chi connectivity index (χ0) is 14.9. The standard InChI is InChI=1S/C18H21N3O/c1-13-9-19-10-18(20-13)21-11-15(14-5-3-2-4-6-14)16-12-22-8-7-17(16)21/h2-6,9-10,15-17H,7-8,11-12H2,1H3/t15-,16+,17-/m1/s1. The van der Waals surface area contributed by atoms with E-state index in [1.807, 2.05) is 19.3 Å². The predicted octanol–water partition coefficient (Wildman–Crippen LogP) is 2.79. The molecule has 2 aromatic rings. The fourth-order valence-electron chi connectivity index (χ4n) is 3.91. The van der Waals surface area contributed by atoms with Crippen LogP contribution in [0, 0.1) is 12.8 Å². The Kier molecular flexibility index (Phi) is 3.54. The second-order valence-electron chi connectivity index (χ2n) is 6.28. The van der Waals surface area contributed by atoms with E-state index in [9.17, 15) is 0 Å². The highest BCUT2D eigenvalue weighted by Crippen LogP contribution is 2.42. The second-order valence-corrected chi connectivity index (χ2v) is 6.28. The average molecular weight is 295 g/mol. The minimum absolute atomic E-state index is 0.508. The third-order valence-electron chi connectivity index (χ3n) is 4.94. The van der Waals surface area contributed by atoms with Crippen molar-refractivity contribution in [2.75, 3.05) is 24.7 Å². The molecule has 4 heteroatoms. The average Bonchev–Trinajstić information content (AvgIpc) is 2.95. The third-order valence-corrected chi connectivity index (χ3v) is 4.94. The molecule has 0 saturated carbocycles. The van der Waals surface area contributed by atoms with Gasteiger partial charge >= 0.3 is 0 Å². The smallest absolute Gasteiger partial charge is 0.147 e. The van der Waals surface area contributed by atoms with E-state index in [0.717, 1.165) is 37.7 Å². The van der Waals surface area contributed by atoms with Crippen LogP contribution < -0.4 is 4.90 Å². The lowest BCUT2D eigenvalue weighted by atomic mass is 9.84. The summed E-state index contributed by atoms with van der Waals surface area (Å²) in [6, 6.07) is 11.3. The van der Waals surface area contributed by atoms with Crippen LogP contribution in [0.5, 0.6) is 0 Å². The lowest BCUT2D eigenvalue weighted by Gasteiger charge is -2.32. The highest BCUT2D eigenvalue weighted by molar-refractivity contribution is 5.43. The monoisotopic (exact) mass is 295 g/mol. The highest BCUT2D eigenvalue weighted by atomic mass is 16.5. The molecule has 0 aliphatic carbocycles. The van der Waals surface area contributed by atoms with Gasteiger partial charge in [0.15, 0.2) is 0 Å². The Labute approximate surface area is 131 Å². The second kappa shape index (κ2) is 5.69. The van der Waals surface area contributed by atoms with Gasteiger partial charge in [0, 0.05) is 37.2 Å². The molecule has 0 unspecified atom stereocenters. The number of aryl methyl sites for hydroxylation is 1. The summed E-state index contributed by atoms with van der Waals surface area (Å²) in [5.41, 5.74) is 2.38. The zero-order valence-corrected chi connectivity index (χ0v) is 12.9. The molecule has 0 spiro atoms. The lowest BCUT2D eigenvalue weighted by molar-refractivity contribution is 0.0461. The highest BCUT2D eigenvalue weighted by Gasteiger charge is 2.44. The predicted molar refractivity (Wildman–Crippen MR) is 86.0 cm³/mol. The molecule has 4 nitrogen and oxygen atoms in total. The van der Waals surface area contributed by atoms with E-state index in [2.05, 4.69) is 40.2 Å². The summed E-state index contributed by atoms with van der Waals surface area (Å²) in [6.45, 7) is 4.70. The van der Waals surface area contributed by atoms with Crippen LogP contribution in [0.1, 0.15) is 23.6 Å². The van der Waals surface area contributed by atoms with Crippen molar-refractivity contribution in [1.29, 1.82) is 0 Å². The maximum atomic E-state index is 5.78. The number of rotatable bonds is 2. The molecule has 0 radical (unpaired) electrons. The largest absolute Gasteiger partial charge is 0.381 e. The molecule has 1 aromatic heterocycles. The molecule has 3 heterocycles. The quantitative estimate of drug-likeness (QED) is 0.854. The van der Waals surface area contributed by atoms with Crippen molar-refractivity contribution >= 4 is 5.82 Å². The molecule has 4 rings (SSSR count). The normalized spacial score (nSPS) is 27.7. The van der Waals surface area contributed by atoms with Gasteiger partial charge in [-0.15, -0.1) is 0 Å². The first-order valence-electron chi connectivity index (χ1n) is 8.01. The van der Waals surface area contributed by atoms with Crippen molar-refractivity contribution in [3.63, 3.8) is 0 Å². The van der Waals surface area contributed by atoms with Gasteiger partial charge in [-0.25, -0.2) is 4.98 Å². The number of anilines is 1. The summed E-state index contributed by atoms with van der Waals surface area (Å²) >= 11 is 0. The summed E-state index contributed by atoms with van der Waals surface area (Å²) in [4.78, 5) is 11.5. The van der Waals surface area contributed by atoms with Crippen molar-refractivity contribution in [2.45, 2.75) is 25.3 Å². The van der Waals surface area contributed by atoms with Crippen molar-refractivity contribution in [3.8, 4) is 0 Å². The zero-order valence-electron chi connectivity index (χ0n) is 12.9. The summed E-state index contributed by atoms with van der Waals surface area (Å²) in [6.07, 6.45) is 4.78. The molecule has 0 bridgehead atoms. The maximum Gasteiger partial charge on any atom is 0.147 e. The van der Waals surface area contributed by atoms with E-state index >= 15 is 0 Å². The van der Waals surface area contributed by atoms with Crippen molar-refractivity contribution in [2.24, 2.45) is 5.92 Å². The van der Waals surface area contributed by atoms with Crippen LogP contribution in [0.3, 0.4) is 0 Å². The minimum Gasteiger partial charge on any atom is -0.381 e. The molecule has 0 amide bonds. The van der Waals surface area contributed by atoms with Crippen LogP contribution in [0.2, 0.25) is 0 Å². The van der Waals surface area contributed by atoms with E-state index in [4.69, 9.17) is 9.72 Å². The van der Waals surface area contributed by atoms with Crippen LogP contribution in [-0.4, -0.2) is 35.8 Å². The van der Waals surface area contributed by atoms with Crippen molar-refractivity contribution in [1.82, 2.24) is 9.97 Å². The van der Waals surface area contributed by atoms with Gasteiger partial charge in [0.05, 0.1) is 18.5 Å². The molecule has 114 valence electrons. The van der Waals surface area contributed by atoms with Gasteiger partial charge in [0.25, 0.3) is 0 Å². The maximum absolute atomic E-state index is 5.78. The summed E-state index contributed by atoms with van der Waals surface area (Å²) in [5, 5.41) is 0. The van der Waals surface area contributed by atoms with E-state index in [1.54, 1.807) is 0 Å². The molecule has 2 aliphatic rings. The number of ether oxygens (including phenoxy) is 1. The van der Waals surface area contributed by atoms with Gasteiger partial charge in [0.1, 0.15) is 5.82 Å². The van der Waals surface area contributed by atoms with Gasteiger partial charge in [-0.2, -0.15) is 0 Å². The first kappa shape index (κ1) is 13.7. The van der Waals surface area contributed by atoms with Crippen molar-refractivity contribution < 1.29 is 4.74 Å². The summed E-state index contributed by atoms with van der Waals surface area (Å²) in [5.74, 6) is 2.06. The molecule has 3 atom stereocenters. The number of nitrogens with zero attached hydrogens (tertiary/aromatic N) is 3. The van der Waals surface area contributed by atoms with Gasteiger partial charge in [-0.1, -0.05) is 30.3 Å². The van der Waals surface area contributed by atoms with E-state index in [-0.39, 0.29) is 0 Å². The Bertz CT molecular complexity index is 646.